The minimum Gasteiger partial charge on any atom is -0.355 e. The van der Waals surface area contributed by atoms with E-state index in [0.717, 1.165) is 15.2 Å². The smallest absolute Gasteiger partial charge is 0.243 e. The molecule has 7 heteroatoms. The molecule has 0 saturated heterocycles. The molecular weight excluding hydrogens is 356 g/mol. The van der Waals surface area contributed by atoms with Gasteiger partial charge in [-0.25, -0.2) is 8.42 Å². The van der Waals surface area contributed by atoms with Crippen LogP contribution in [-0.2, 0) is 14.8 Å². The molecule has 0 unspecified atom stereocenters. The summed E-state index contributed by atoms with van der Waals surface area (Å²) < 4.78 is 26.4. The van der Waals surface area contributed by atoms with Gasteiger partial charge in [0.2, 0.25) is 15.9 Å². The van der Waals surface area contributed by atoms with E-state index in [0.29, 0.717) is 12.5 Å². The van der Waals surface area contributed by atoms with Crippen molar-refractivity contribution in [1.82, 2.24) is 9.62 Å². The van der Waals surface area contributed by atoms with Crippen LogP contribution in [0.25, 0.3) is 0 Å². The predicted molar refractivity (Wildman–Crippen MR) is 86.4 cm³/mol. The standard InChI is InChI=1S/C14H21BrN2O3S/c1-11(2)8-9-16-14(18)10-17(3)21(19,20)13-6-4-12(15)5-7-13/h4-7,11H,8-10H2,1-3H3,(H,16,18). The summed E-state index contributed by atoms with van der Waals surface area (Å²) in [6.07, 6.45) is 0.870. The number of likely N-dealkylation sites (N-methyl/N-ethyl adjacent to an activating group) is 1. The molecule has 0 aliphatic rings. The number of halogens is 1. The van der Waals surface area contributed by atoms with E-state index in [1.54, 1.807) is 12.1 Å². The monoisotopic (exact) mass is 376 g/mol. The van der Waals surface area contributed by atoms with Crippen molar-refractivity contribution in [2.75, 3.05) is 20.1 Å². The lowest BCUT2D eigenvalue weighted by molar-refractivity contribution is -0.121. The summed E-state index contributed by atoms with van der Waals surface area (Å²) >= 11 is 3.26. The number of benzene rings is 1. The number of carbonyl (C=O) groups excluding carboxylic acids is 1. The maximum atomic E-state index is 12.3. The van der Waals surface area contributed by atoms with E-state index in [2.05, 4.69) is 35.1 Å². The number of rotatable bonds is 7. The quantitative estimate of drug-likeness (QED) is 0.793. The van der Waals surface area contributed by atoms with E-state index in [9.17, 15) is 13.2 Å². The minimum absolute atomic E-state index is 0.170. The Balaban J connectivity index is 2.63. The maximum Gasteiger partial charge on any atom is 0.243 e. The molecule has 1 aromatic carbocycles. The van der Waals surface area contributed by atoms with Crippen molar-refractivity contribution in [1.29, 1.82) is 0 Å². The number of carbonyl (C=O) groups is 1. The number of hydrogen-bond donors (Lipinski definition) is 1. The lowest BCUT2D eigenvalue weighted by atomic mass is 10.1. The molecule has 1 N–H and O–H groups in total. The normalized spacial score (nSPS) is 11.9. The average molecular weight is 377 g/mol. The third kappa shape index (κ3) is 5.76. The third-order valence-corrected chi connectivity index (χ3v) is 5.28. The zero-order chi connectivity index (χ0) is 16.0. The van der Waals surface area contributed by atoms with Gasteiger partial charge in [-0.1, -0.05) is 29.8 Å². The van der Waals surface area contributed by atoms with Crippen LogP contribution in [-0.4, -0.2) is 38.8 Å². The van der Waals surface area contributed by atoms with Crippen LogP contribution in [0.4, 0.5) is 0 Å². The zero-order valence-corrected chi connectivity index (χ0v) is 14.9. The zero-order valence-electron chi connectivity index (χ0n) is 12.5. The Labute approximate surface area is 134 Å². The third-order valence-electron chi connectivity index (χ3n) is 2.93. The Bertz CT molecular complexity index is 570. The molecule has 1 rings (SSSR count). The first kappa shape index (κ1) is 18.1. The predicted octanol–water partition coefficient (Wildman–Crippen LogP) is 2.23. The molecule has 0 spiro atoms. The van der Waals surface area contributed by atoms with Crippen LogP contribution in [0.15, 0.2) is 33.6 Å². The molecule has 0 aliphatic heterocycles. The topological polar surface area (TPSA) is 66.5 Å². The fourth-order valence-electron chi connectivity index (χ4n) is 1.63. The molecule has 0 bridgehead atoms. The SMILES string of the molecule is CC(C)CCNC(=O)CN(C)S(=O)(=O)c1ccc(Br)cc1. The molecule has 0 radical (unpaired) electrons. The average Bonchev–Trinajstić information content (AvgIpc) is 2.38. The second-order valence-corrected chi connectivity index (χ2v) is 8.21. The molecule has 0 heterocycles. The Morgan fingerprint density at radius 2 is 1.86 bits per heavy atom. The van der Waals surface area contributed by atoms with E-state index in [1.165, 1.54) is 19.2 Å². The van der Waals surface area contributed by atoms with Crippen molar-refractivity contribution in [3.8, 4) is 0 Å². The first-order valence-electron chi connectivity index (χ1n) is 6.72. The van der Waals surface area contributed by atoms with Gasteiger partial charge in [0, 0.05) is 18.1 Å². The summed E-state index contributed by atoms with van der Waals surface area (Å²) in [5.74, 6) is 0.202. The van der Waals surface area contributed by atoms with Crippen molar-refractivity contribution in [3.05, 3.63) is 28.7 Å². The molecule has 0 atom stereocenters. The van der Waals surface area contributed by atoms with Crippen LogP contribution in [0.5, 0.6) is 0 Å². The van der Waals surface area contributed by atoms with Gasteiger partial charge in [-0.2, -0.15) is 4.31 Å². The largest absolute Gasteiger partial charge is 0.355 e. The summed E-state index contributed by atoms with van der Waals surface area (Å²) in [6, 6.07) is 6.33. The van der Waals surface area contributed by atoms with Crippen LogP contribution >= 0.6 is 15.9 Å². The van der Waals surface area contributed by atoms with Gasteiger partial charge >= 0.3 is 0 Å². The lowest BCUT2D eigenvalue weighted by Crippen LogP contribution is -2.38. The van der Waals surface area contributed by atoms with E-state index in [1.807, 2.05) is 0 Å². The minimum atomic E-state index is -3.64. The lowest BCUT2D eigenvalue weighted by Gasteiger charge is -2.17. The van der Waals surface area contributed by atoms with Crippen LogP contribution in [0.3, 0.4) is 0 Å². The number of nitrogens with zero attached hydrogens (tertiary/aromatic N) is 1. The van der Waals surface area contributed by atoms with Crippen LogP contribution < -0.4 is 5.32 Å². The highest BCUT2D eigenvalue weighted by Crippen LogP contribution is 2.17. The molecule has 0 aliphatic carbocycles. The molecule has 21 heavy (non-hydrogen) atoms. The fraction of sp³-hybridized carbons (Fsp3) is 0.500. The van der Waals surface area contributed by atoms with Crippen LogP contribution in [0.1, 0.15) is 20.3 Å². The van der Waals surface area contributed by atoms with Gasteiger partial charge in [0.05, 0.1) is 11.4 Å². The Morgan fingerprint density at radius 1 is 1.29 bits per heavy atom. The second-order valence-electron chi connectivity index (χ2n) is 5.25. The fourth-order valence-corrected chi connectivity index (χ4v) is 3.02. The van der Waals surface area contributed by atoms with Crippen molar-refractivity contribution in [2.24, 2.45) is 5.92 Å². The number of sulfonamides is 1. The van der Waals surface area contributed by atoms with Gasteiger partial charge in [0.25, 0.3) is 0 Å². The molecule has 0 aromatic heterocycles. The van der Waals surface area contributed by atoms with Gasteiger partial charge < -0.3 is 5.32 Å². The molecule has 5 nitrogen and oxygen atoms in total. The second kappa shape index (κ2) is 7.91. The van der Waals surface area contributed by atoms with E-state index >= 15 is 0 Å². The summed E-state index contributed by atoms with van der Waals surface area (Å²) in [5, 5.41) is 2.73. The Kier molecular flexibility index (Phi) is 6.83. The summed E-state index contributed by atoms with van der Waals surface area (Å²) in [4.78, 5) is 11.9. The molecule has 0 saturated carbocycles. The van der Waals surface area contributed by atoms with Crippen LogP contribution in [0, 0.1) is 5.92 Å². The van der Waals surface area contributed by atoms with Crippen molar-refractivity contribution in [2.45, 2.75) is 25.2 Å². The van der Waals surface area contributed by atoms with E-state index in [-0.39, 0.29) is 17.3 Å². The Hall–Kier alpha value is -0.920. The highest BCUT2D eigenvalue weighted by Gasteiger charge is 2.22. The van der Waals surface area contributed by atoms with Gasteiger partial charge in [-0.15, -0.1) is 0 Å². The summed E-state index contributed by atoms with van der Waals surface area (Å²) in [6.45, 7) is 4.51. The van der Waals surface area contributed by atoms with E-state index < -0.39 is 10.0 Å². The van der Waals surface area contributed by atoms with Crippen molar-refractivity contribution in [3.63, 3.8) is 0 Å². The van der Waals surface area contributed by atoms with Gasteiger partial charge in [0.1, 0.15) is 0 Å². The number of nitrogens with one attached hydrogen (secondary N) is 1. The molecule has 0 fully saturated rings. The van der Waals surface area contributed by atoms with Gasteiger partial charge in [-0.05, 0) is 36.6 Å². The molecule has 1 amide bonds. The summed E-state index contributed by atoms with van der Waals surface area (Å²) in [7, 11) is -2.24. The first-order chi connectivity index (χ1) is 9.73. The van der Waals surface area contributed by atoms with Crippen molar-refractivity contribution >= 4 is 31.9 Å². The summed E-state index contributed by atoms with van der Waals surface area (Å²) in [5.41, 5.74) is 0. The van der Waals surface area contributed by atoms with Crippen molar-refractivity contribution < 1.29 is 13.2 Å². The number of amides is 1. The van der Waals surface area contributed by atoms with Gasteiger partial charge in [-0.3, -0.25) is 4.79 Å². The molecule has 118 valence electrons. The Morgan fingerprint density at radius 3 is 2.38 bits per heavy atom. The van der Waals surface area contributed by atoms with Crippen LogP contribution in [0.2, 0.25) is 0 Å². The first-order valence-corrected chi connectivity index (χ1v) is 8.95. The van der Waals surface area contributed by atoms with Gasteiger partial charge in [0.15, 0.2) is 0 Å². The highest BCUT2D eigenvalue weighted by molar-refractivity contribution is 9.10. The molecular formula is C14H21BrN2O3S. The molecule has 1 aromatic rings. The highest BCUT2D eigenvalue weighted by atomic mass is 79.9. The van der Waals surface area contributed by atoms with E-state index in [4.69, 9.17) is 0 Å². The maximum absolute atomic E-state index is 12.3. The number of hydrogen-bond acceptors (Lipinski definition) is 3.